The number of sulfonamides is 1. The smallest absolute Gasteiger partial charge is 0.240 e. The Morgan fingerprint density at radius 3 is 2.60 bits per heavy atom. The van der Waals surface area contributed by atoms with E-state index in [1.165, 1.54) is 0 Å². The first-order chi connectivity index (χ1) is 9.38. The van der Waals surface area contributed by atoms with Crippen molar-refractivity contribution in [3.8, 4) is 0 Å². The molecular weight excluding hydrogens is 292 g/mol. The molecule has 20 heavy (non-hydrogen) atoms. The predicted molar refractivity (Wildman–Crippen MR) is 81.7 cm³/mol. The van der Waals surface area contributed by atoms with Gasteiger partial charge in [0.2, 0.25) is 10.0 Å². The number of aromatic nitrogens is 1. The number of thiazole rings is 1. The normalized spacial score (nSPS) is 11.8. The summed E-state index contributed by atoms with van der Waals surface area (Å²) in [6.45, 7) is 6.09. The van der Waals surface area contributed by atoms with Crippen molar-refractivity contribution >= 4 is 21.4 Å². The second-order valence-electron chi connectivity index (χ2n) is 4.76. The quantitative estimate of drug-likeness (QED) is 0.923. The van der Waals surface area contributed by atoms with Gasteiger partial charge in [0.05, 0.1) is 9.90 Å². The van der Waals surface area contributed by atoms with Gasteiger partial charge in [0, 0.05) is 17.6 Å². The molecule has 0 saturated carbocycles. The Bertz CT molecular complexity index is 706. The number of hydrogen-bond donors (Lipinski definition) is 1. The van der Waals surface area contributed by atoms with Crippen molar-refractivity contribution in [1.82, 2.24) is 9.71 Å². The van der Waals surface area contributed by atoms with E-state index in [9.17, 15) is 8.42 Å². The maximum atomic E-state index is 12.2. The summed E-state index contributed by atoms with van der Waals surface area (Å²) in [5.74, 6) is 0. The summed E-state index contributed by atoms with van der Waals surface area (Å²) in [6, 6.07) is 5.35. The van der Waals surface area contributed by atoms with E-state index in [0.29, 0.717) is 17.9 Å². The molecule has 1 N–H and O–H groups in total. The molecule has 1 aromatic heterocycles. The van der Waals surface area contributed by atoms with E-state index >= 15 is 0 Å². The number of benzene rings is 1. The van der Waals surface area contributed by atoms with E-state index in [1.54, 1.807) is 23.6 Å². The van der Waals surface area contributed by atoms with Gasteiger partial charge in [0.15, 0.2) is 0 Å². The molecule has 6 heteroatoms. The van der Waals surface area contributed by atoms with Gasteiger partial charge >= 0.3 is 0 Å². The molecule has 0 amide bonds. The van der Waals surface area contributed by atoms with Crippen LogP contribution in [-0.4, -0.2) is 19.9 Å². The molecule has 0 bridgehead atoms. The minimum Gasteiger partial charge on any atom is -0.250 e. The monoisotopic (exact) mass is 310 g/mol. The van der Waals surface area contributed by atoms with Crippen LogP contribution in [0.3, 0.4) is 0 Å². The van der Waals surface area contributed by atoms with Crippen LogP contribution in [0, 0.1) is 20.8 Å². The highest BCUT2D eigenvalue weighted by molar-refractivity contribution is 7.89. The van der Waals surface area contributed by atoms with Crippen molar-refractivity contribution in [2.24, 2.45) is 0 Å². The van der Waals surface area contributed by atoms with Gasteiger partial charge in [0.1, 0.15) is 0 Å². The van der Waals surface area contributed by atoms with Gasteiger partial charge in [-0.05, 0) is 38.8 Å². The van der Waals surface area contributed by atoms with E-state index in [-0.39, 0.29) is 0 Å². The summed E-state index contributed by atoms with van der Waals surface area (Å²) in [5, 5.41) is 0.997. The number of nitrogens with one attached hydrogen (secondary N) is 1. The maximum Gasteiger partial charge on any atom is 0.240 e. The first-order valence-electron chi connectivity index (χ1n) is 6.37. The highest BCUT2D eigenvalue weighted by atomic mass is 32.2. The number of nitrogens with zero attached hydrogens (tertiary/aromatic N) is 1. The van der Waals surface area contributed by atoms with Crippen LogP contribution < -0.4 is 4.72 Å². The molecule has 0 aliphatic carbocycles. The average Bonchev–Trinajstić information content (AvgIpc) is 2.74. The lowest BCUT2D eigenvalue weighted by atomic mass is 10.2. The molecule has 0 spiro atoms. The van der Waals surface area contributed by atoms with Crippen molar-refractivity contribution in [1.29, 1.82) is 0 Å². The Morgan fingerprint density at radius 2 is 2.00 bits per heavy atom. The zero-order chi connectivity index (χ0) is 14.8. The van der Waals surface area contributed by atoms with Crippen LogP contribution in [0.25, 0.3) is 0 Å². The molecule has 0 radical (unpaired) electrons. The second kappa shape index (κ2) is 6.03. The average molecular weight is 310 g/mol. The lowest BCUT2D eigenvalue weighted by Gasteiger charge is -2.09. The first-order valence-corrected chi connectivity index (χ1v) is 8.67. The van der Waals surface area contributed by atoms with Gasteiger partial charge in [-0.15, -0.1) is 11.3 Å². The third kappa shape index (κ3) is 3.65. The molecule has 0 unspecified atom stereocenters. The largest absolute Gasteiger partial charge is 0.250 e. The summed E-state index contributed by atoms with van der Waals surface area (Å²) >= 11 is 1.59. The molecular formula is C14H18N2O2S2. The first kappa shape index (κ1) is 15.2. The summed E-state index contributed by atoms with van der Waals surface area (Å²) in [6.07, 6.45) is 2.46. The standard InChI is InChI=1S/C14H18N2O2S2/c1-10-4-5-14(11(2)8-10)20(17,18)16-7-6-13-9-15-12(3)19-13/h4-5,8-9,16H,6-7H2,1-3H3. The topological polar surface area (TPSA) is 59.1 Å². The summed E-state index contributed by atoms with van der Waals surface area (Å²) in [5.41, 5.74) is 1.83. The fourth-order valence-corrected chi connectivity index (χ4v) is 4.06. The van der Waals surface area contributed by atoms with E-state index in [4.69, 9.17) is 0 Å². The van der Waals surface area contributed by atoms with Gasteiger partial charge in [-0.3, -0.25) is 0 Å². The van der Waals surface area contributed by atoms with Crippen LogP contribution in [0.5, 0.6) is 0 Å². The number of hydrogen-bond acceptors (Lipinski definition) is 4. The molecule has 4 nitrogen and oxygen atoms in total. The lowest BCUT2D eigenvalue weighted by Crippen LogP contribution is -2.26. The van der Waals surface area contributed by atoms with E-state index in [2.05, 4.69) is 9.71 Å². The van der Waals surface area contributed by atoms with E-state index in [1.807, 2.05) is 32.9 Å². The van der Waals surface area contributed by atoms with E-state index < -0.39 is 10.0 Å². The van der Waals surface area contributed by atoms with Crippen LogP contribution in [-0.2, 0) is 16.4 Å². The predicted octanol–water partition coefficient (Wildman–Crippen LogP) is 2.59. The summed E-state index contributed by atoms with van der Waals surface area (Å²) in [4.78, 5) is 5.59. The summed E-state index contributed by atoms with van der Waals surface area (Å²) in [7, 11) is -3.44. The van der Waals surface area contributed by atoms with Crippen LogP contribution >= 0.6 is 11.3 Å². The maximum absolute atomic E-state index is 12.2. The zero-order valence-corrected chi connectivity index (χ0v) is 13.4. The van der Waals surface area contributed by atoms with Crippen LogP contribution in [0.1, 0.15) is 21.0 Å². The van der Waals surface area contributed by atoms with Crippen LogP contribution in [0.2, 0.25) is 0 Å². The zero-order valence-electron chi connectivity index (χ0n) is 11.8. The molecule has 108 valence electrons. The van der Waals surface area contributed by atoms with Crippen molar-refractivity contribution in [3.05, 3.63) is 45.4 Å². The Labute approximate surface area is 123 Å². The number of rotatable bonds is 5. The highest BCUT2D eigenvalue weighted by Gasteiger charge is 2.16. The molecule has 0 aliphatic rings. The Morgan fingerprint density at radius 1 is 1.25 bits per heavy atom. The van der Waals surface area contributed by atoms with Crippen LogP contribution in [0.4, 0.5) is 0 Å². The Balaban J connectivity index is 2.04. The van der Waals surface area contributed by atoms with E-state index in [0.717, 1.165) is 21.0 Å². The molecule has 1 aromatic carbocycles. The molecule has 1 heterocycles. The molecule has 2 aromatic rings. The van der Waals surface area contributed by atoms with Gasteiger partial charge < -0.3 is 0 Å². The Kier molecular flexibility index (Phi) is 4.57. The Hall–Kier alpha value is -1.24. The van der Waals surface area contributed by atoms with Gasteiger partial charge in [0.25, 0.3) is 0 Å². The molecule has 0 saturated heterocycles. The van der Waals surface area contributed by atoms with Gasteiger partial charge in [-0.2, -0.15) is 0 Å². The third-order valence-corrected chi connectivity index (χ3v) is 5.55. The lowest BCUT2D eigenvalue weighted by molar-refractivity contribution is 0.581. The fourth-order valence-electron chi connectivity index (χ4n) is 2.01. The van der Waals surface area contributed by atoms with Crippen molar-refractivity contribution in [2.45, 2.75) is 32.1 Å². The van der Waals surface area contributed by atoms with Gasteiger partial charge in [-0.25, -0.2) is 18.1 Å². The van der Waals surface area contributed by atoms with Crippen LogP contribution in [0.15, 0.2) is 29.3 Å². The number of aryl methyl sites for hydroxylation is 3. The van der Waals surface area contributed by atoms with Gasteiger partial charge in [-0.1, -0.05) is 17.7 Å². The third-order valence-electron chi connectivity index (χ3n) is 2.95. The highest BCUT2D eigenvalue weighted by Crippen LogP contribution is 2.16. The second-order valence-corrected chi connectivity index (χ2v) is 7.82. The minimum atomic E-state index is -3.44. The molecule has 0 atom stereocenters. The molecule has 0 fully saturated rings. The SMILES string of the molecule is Cc1ccc(S(=O)(=O)NCCc2cnc(C)s2)c(C)c1. The van der Waals surface area contributed by atoms with Crippen molar-refractivity contribution in [3.63, 3.8) is 0 Å². The van der Waals surface area contributed by atoms with Crippen molar-refractivity contribution in [2.75, 3.05) is 6.54 Å². The van der Waals surface area contributed by atoms with Crippen molar-refractivity contribution < 1.29 is 8.42 Å². The molecule has 0 aliphatic heterocycles. The summed E-state index contributed by atoms with van der Waals surface area (Å²) < 4.78 is 27.1. The minimum absolute atomic E-state index is 0.351. The fraction of sp³-hybridized carbons (Fsp3) is 0.357. The molecule has 2 rings (SSSR count).